The van der Waals surface area contributed by atoms with Gasteiger partial charge < -0.3 is 15.0 Å². The van der Waals surface area contributed by atoms with Gasteiger partial charge in [0.1, 0.15) is 11.4 Å². The van der Waals surface area contributed by atoms with Crippen LogP contribution in [0.2, 0.25) is 0 Å². The zero-order chi connectivity index (χ0) is 12.4. The number of ether oxygens (including phenoxy) is 1. The van der Waals surface area contributed by atoms with E-state index in [2.05, 4.69) is 9.89 Å². The number of alkyl halides is 2. The minimum atomic E-state index is -2.85. The maximum Gasteiger partial charge on any atom is 0.387 e. The molecule has 0 bridgehead atoms. The van der Waals surface area contributed by atoms with E-state index in [0.717, 1.165) is 0 Å². The molecule has 0 spiro atoms. The molecule has 4 nitrogen and oxygen atoms in total. The summed E-state index contributed by atoms with van der Waals surface area (Å²) in [6.45, 7) is -1.12. The molecule has 0 aliphatic rings. The highest BCUT2D eigenvalue weighted by Crippen LogP contribution is 2.28. The molecule has 17 heavy (non-hydrogen) atoms. The summed E-state index contributed by atoms with van der Waals surface area (Å²) in [5, 5.41) is 3.76. The lowest BCUT2D eigenvalue weighted by Gasteiger charge is -2.05. The predicted octanol–water partition coefficient (Wildman–Crippen LogP) is 2.83. The number of anilines is 1. The SMILES string of the molecule is Cc1c(-c2cccc(OC(F)F)c2)noc1N. The first-order valence-electron chi connectivity index (χ1n) is 4.85. The minimum Gasteiger partial charge on any atom is -0.435 e. The van der Waals surface area contributed by atoms with Crippen molar-refractivity contribution in [3.05, 3.63) is 29.8 Å². The van der Waals surface area contributed by atoms with Gasteiger partial charge in [-0.25, -0.2) is 0 Å². The Morgan fingerprint density at radius 2 is 2.18 bits per heavy atom. The summed E-state index contributed by atoms with van der Waals surface area (Å²) in [4.78, 5) is 0. The Hall–Kier alpha value is -2.11. The summed E-state index contributed by atoms with van der Waals surface area (Å²) in [6, 6.07) is 6.20. The number of hydrogen-bond acceptors (Lipinski definition) is 4. The number of benzene rings is 1. The van der Waals surface area contributed by atoms with E-state index in [-0.39, 0.29) is 11.6 Å². The third kappa shape index (κ3) is 2.35. The maximum absolute atomic E-state index is 12.1. The van der Waals surface area contributed by atoms with E-state index in [1.165, 1.54) is 12.1 Å². The molecule has 0 unspecified atom stereocenters. The van der Waals surface area contributed by atoms with Crippen LogP contribution in [0.15, 0.2) is 28.8 Å². The number of hydrogen-bond donors (Lipinski definition) is 1. The standard InChI is InChI=1S/C11H10F2N2O2/c1-6-9(15-17-10(6)14)7-3-2-4-8(5-7)16-11(12)13/h2-5,11H,14H2,1H3. The number of nitrogens with two attached hydrogens (primary N) is 1. The molecule has 1 heterocycles. The molecule has 0 fully saturated rings. The van der Waals surface area contributed by atoms with Gasteiger partial charge in [0.15, 0.2) is 0 Å². The second-order valence-corrected chi connectivity index (χ2v) is 3.43. The van der Waals surface area contributed by atoms with Crippen molar-refractivity contribution in [2.24, 2.45) is 0 Å². The van der Waals surface area contributed by atoms with Crippen LogP contribution in [0.3, 0.4) is 0 Å². The number of halogens is 2. The van der Waals surface area contributed by atoms with E-state index in [9.17, 15) is 8.78 Å². The van der Waals surface area contributed by atoms with E-state index < -0.39 is 6.61 Å². The number of aromatic nitrogens is 1. The van der Waals surface area contributed by atoms with Gasteiger partial charge in [-0.1, -0.05) is 17.3 Å². The first-order chi connectivity index (χ1) is 8.08. The fourth-order valence-electron chi connectivity index (χ4n) is 1.44. The Morgan fingerprint density at radius 3 is 2.76 bits per heavy atom. The van der Waals surface area contributed by atoms with Crippen molar-refractivity contribution in [2.45, 2.75) is 13.5 Å². The van der Waals surface area contributed by atoms with Gasteiger partial charge in [0.05, 0.1) is 0 Å². The zero-order valence-corrected chi connectivity index (χ0v) is 8.98. The van der Waals surface area contributed by atoms with Gasteiger partial charge in [-0.05, 0) is 19.1 Å². The van der Waals surface area contributed by atoms with E-state index in [1.54, 1.807) is 19.1 Å². The fraction of sp³-hybridized carbons (Fsp3) is 0.182. The van der Waals surface area contributed by atoms with Crippen LogP contribution in [0.1, 0.15) is 5.56 Å². The number of nitrogens with zero attached hydrogens (tertiary/aromatic N) is 1. The van der Waals surface area contributed by atoms with E-state index in [0.29, 0.717) is 16.8 Å². The monoisotopic (exact) mass is 240 g/mol. The molecule has 0 saturated heterocycles. The van der Waals surface area contributed by atoms with Gasteiger partial charge >= 0.3 is 6.61 Å². The highest BCUT2D eigenvalue weighted by atomic mass is 19.3. The summed E-state index contributed by atoms with van der Waals surface area (Å²) in [7, 11) is 0. The van der Waals surface area contributed by atoms with Crippen LogP contribution in [-0.4, -0.2) is 11.8 Å². The summed E-state index contributed by atoms with van der Waals surface area (Å²) in [5.41, 5.74) is 7.31. The summed E-state index contributed by atoms with van der Waals surface area (Å²) >= 11 is 0. The lowest BCUT2D eigenvalue weighted by Crippen LogP contribution is -2.01. The predicted molar refractivity (Wildman–Crippen MR) is 57.7 cm³/mol. The zero-order valence-electron chi connectivity index (χ0n) is 8.98. The molecule has 2 rings (SSSR count). The quantitative estimate of drug-likeness (QED) is 0.896. The highest BCUT2D eigenvalue weighted by Gasteiger charge is 2.12. The highest BCUT2D eigenvalue weighted by molar-refractivity contribution is 5.67. The first kappa shape index (κ1) is 11.4. The molecule has 1 aromatic heterocycles. The fourth-order valence-corrected chi connectivity index (χ4v) is 1.44. The molecule has 2 aromatic rings. The van der Waals surface area contributed by atoms with Crippen molar-refractivity contribution < 1.29 is 18.0 Å². The average molecular weight is 240 g/mol. The van der Waals surface area contributed by atoms with Crippen LogP contribution in [-0.2, 0) is 0 Å². The summed E-state index contributed by atoms with van der Waals surface area (Å²) in [5.74, 6) is 0.277. The molecule has 0 atom stereocenters. The van der Waals surface area contributed by atoms with Gasteiger partial charge in [0.2, 0.25) is 5.88 Å². The van der Waals surface area contributed by atoms with Gasteiger partial charge in [0.25, 0.3) is 0 Å². The maximum atomic E-state index is 12.1. The minimum absolute atomic E-state index is 0.0680. The smallest absolute Gasteiger partial charge is 0.387 e. The Bertz CT molecular complexity index is 526. The lowest BCUT2D eigenvalue weighted by molar-refractivity contribution is -0.0498. The Kier molecular flexibility index (Phi) is 2.95. The molecule has 0 aliphatic heterocycles. The van der Waals surface area contributed by atoms with E-state index in [4.69, 9.17) is 10.3 Å². The van der Waals surface area contributed by atoms with Crippen LogP contribution in [0.25, 0.3) is 11.3 Å². The Labute approximate surface area is 96.0 Å². The van der Waals surface area contributed by atoms with Crippen LogP contribution in [0.4, 0.5) is 14.7 Å². The van der Waals surface area contributed by atoms with Gasteiger partial charge in [0, 0.05) is 11.1 Å². The van der Waals surface area contributed by atoms with Crippen LogP contribution in [0, 0.1) is 6.92 Å². The largest absolute Gasteiger partial charge is 0.435 e. The third-order valence-corrected chi connectivity index (χ3v) is 2.29. The summed E-state index contributed by atoms with van der Waals surface area (Å²) in [6.07, 6.45) is 0. The molecule has 0 radical (unpaired) electrons. The van der Waals surface area contributed by atoms with Crippen molar-refractivity contribution in [1.82, 2.24) is 5.16 Å². The second-order valence-electron chi connectivity index (χ2n) is 3.43. The van der Waals surface area contributed by atoms with Crippen molar-refractivity contribution >= 4 is 5.88 Å². The topological polar surface area (TPSA) is 61.3 Å². The molecular weight excluding hydrogens is 230 g/mol. The van der Waals surface area contributed by atoms with Gasteiger partial charge in [-0.2, -0.15) is 8.78 Å². The van der Waals surface area contributed by atoms with Gasteiger partial charge in [-0.15, -0.1) is 0 Å². The molecule has 0 aliphatic carbocycles. The van der Waals surface area contributed by atoms with Crippen molar-refractivity contribution in [1.29, 1.82) is 0 Å². The molecule has 0 saturated carbocycles. The average Bonchev–Trinajstić information content (AvgIpc) is 2.59. The molecular formula is C11H10F2N2O2. The van der Waals surface area contributed by atoms with E-state index >= 15 is 0 Å². The van der Waals surface area contributed by atoms with Gasteiger partial charge in [-0.3, -0.25) is 0 Å². The molecule has 90 valence electrons. The molecule has 6 heteroatoms. The third-order valence-electron chi connectivity index (χ3n) is 2.29. The summed E-state index contributed by atoms with van der Waals surface area (Å²) < 4.78 is 33.2. The lowest BCUT2D eigenvalue weighted by atomic mass is 10.1. The number of rotatable bonds is 3. The van der Waals surface area contributed by atoms with Crippen LogP contribution < -0.4 is 10.5 Å². The van der Waals surface area contributed by atoms with Crippen molar-refractivity contribution in [3.8, 4) is 17.0 Å². The van der Waals surface area contributed by atoms with Crippen molar-refractivity contribution in [2.75, 3.05) is 5.73 Å². The van der Waals surface area contributed by atoms with E-state index in [1.807, 2.05) is 0 Å². The van der Waals surface area contributed by atoms with Crippen molar-refractivity contribution in [3.63, 3.8) is 0 Å². The normalized spacial score (nSPS) is 10.8. The van der Waals surface area contributed by atoms with Crippen LogP contribution >= 0.6 is 0 Å². The second kappa shape index (κ2) is 4.40. The molecule has 2 N–H and O–H groups in total. The Balaban J connectivity index is 2.36. The first-order valence-corrected chi connectivity index (χ1v) is 4.85. The Morgan fingerprint density at radius 1 is 1.41 bits per heavy atom. The molecule has 0 amide bonds. The van der Waals surface area contributed by atoms with Crippen LogP contribution in [0.5, 0.6) is 5.75 Å². The number of nitrogen functional groups attached to an aromatic ring is 1. The molecule has 1 aromatic carbocycles.